The first-order chi connectivity index (χ1) is 13.2. The van der Waals surface area contributed by atoms with Crippen LogP contribution in [-0.4, -0.2) is 29.0 Å². The molecule has 2 aromatic heterocycles. The normalized spacial score (nSPS) is 12.3. The summed E-state index contributed by atoms with van der Waals surface area (Å²) in [5.41, 5.74) is 5.20. The highest BCUT2D eigenvalue weighted by Crippen LogP contribution is 2.34. The number of aromatic amines is 1. The number of nitrogens with zero attached hydrogens (tertiary/aromatic N) is 2. The predicted molar refractivity (Wildman–Crippen MR) is 105 cm³/mol. The SMILES string of the molecule is COc1cccc2onc(NCC(c3ccccc3)c3c(C)n[nH]c3C)c12. The molecule has 0 fully saturated rings. The Morgan fingerprint density at radius 2 is 1.93 bits per heavy atom. The van der Waals surface area contributed by atoms with E-state index in [1.165, 1.54) is 11.1 Å². The molecular weight excluding hydrogens is 340 g/mol. The summed E-state index contributed by atoms with van der Waals surface area (Å²) in [5.74, 6) is 1.55. The molecule has 138 valence electrons. The summed E-state index contributed by atoms with van der Waals surface area (Å²) in [5, 5.41) is 16.0. The van der Waals surface area contributed by atoms with Gasteiger partial charge in [-0.3, -0.25) is 5.10 Å². The molecule has 0 bridgehead atoms. The van der Waals surface area contributed by atoms with E-state index >= 15 is 0 Å². The van der Waals surface area contributed by atoms with E-state index in [-0.39, 0.29) is 5.92 Å². The molecule has 0 aliphatic rings. The second-order valence-corrected chi connectivity index (χ2v) is 6.56. The second-order valence-electron chi connectivity index (χ2n) is 6.56. The van der Waals surface area contributed by atoms with Crippen molar-refractivity contribution < 1.29 is 9.26 Å². The Balaban J connectivity index is 1.70. The van der Waals surface area contributed by atoms with Crippen LogP contribution in [0.1, 0.15) is 28.4 Å². The van der Waals surface area contributed by atoms with Gasteiger partial charge in [0.2, 0.25) is 0 Å². The first-order valence-corrected chi connectivity index (χ1v) is 8.91. The van der Waals surface area contributed by atoms with Crippen LogP contribution >= 0.6 is 0 Å². The van der Waals surface area contributed by atoms with Crippen molar-refractivity contribution in [3.05, 3.63) is 71.0 Å². The number of methoxy groups -OCH3 is 1. The number of aromatic nitrogens is 3. The largest absolute Gasteiger partial charge is 0.496 e. The van der Waals surface area contributed by atoms with Crippen LogP contribution in [0.5, 0.6) is 5.75 Å². The van der Waals surface area contributed by atoms with Crippen molar-refractivity contribution in [2.45, 2.75) is 19.8 Å². The molecule has 0 saturated heterocycles. The lowest BCUT2D eigenvalue weighted by Gasteiger charge is -2.19. The van der Waals surface area contributed by atoms with E-state index in [0.29, 0.717) is 17.9 Å². The number of aryl methyl sites for hydroxylation is 2. The molecule has 2 N–H and O–H groups in total. The van der Waals surface area contributed by atoms with Gasteiger partial charge in [-0.05, 0) is 31.5 Å². The number of hydrogen-bond acceptors (Lipinski definition) is 5. The number of H-pyrrole nitrogens is 1. The van der Waals surface area contributed by atoms with Crippen molar-refractivity contribution in [3.63, 3.8) is 0 Å². The van der Waals surface area contributed by atoms with Gasteiger partial charge in [0.25, 0.3) is 0 Å². The van der Waals surface area contributed by atoms with Gasteiger partial charge >= 0.3 is 0 Å². The number of fused-ring (bicyclic) bond motifs is 1. The summed E-state index contributed by atoms with van der Waals surface area (Å²) in [7, 11) is 1.65. The Hall–Kier alpha value is -3.28. The van der Waals surface area contributed by atoms with E-state index < -0.39 is 0 Å². The maximum Gasteiger partial charge on any atom is 0.181 e. The van der Waals surface area contributed by atoms with Crippen molar-refractivity contribution in [1.29, 1.82) is 0 Å². The van der Waals surface area contributed by atoms with E-state index in [4.69, 9.17) is 9.26 Å². The van der Waals surface area contributed by atoms with Crippen LogP contribution in [0.4, 0.5) is 5.82 Å². The Kier molecular flexibility index (Phi) is 4.54. The molecular formula is C21H22N4O2. The van der Waals surface area contributed by atoms with E-state index in [9.17, 15) is 0 Å². The number of rotatable bonds is 6. The fraction of sp³-hybridized carbons (Fsp3) is 0.238. The second kappa shape index (κ2) is 7.15. The molecule has 4 rings (SSSR count). The smallest absolute Gasteiger partial charge is 0.181 e. The molecule has 4 aromatic rings. The molecule has 0 aliphatic heterocycles. The van der Waals surface area contributed by atoms with Crippen molar-refractivity contribution in [1.82, 2.24) is 15.4 Å². The average Bonchev–Trinajstić information content (AvgIpc) is 3.27. The highest BCUT2D eigenvalue weighted by Gasteiger charge is 2.22. The Morgan fingerprint density at radius 1 is 1.11 bits per heavy atom. The van der Waals surface area contributed by atoms with Gasteiger partial charge in [0.05, 0.1) is 12.8 Å². The van der Waals surface area contributed by atoms with Gasteiger partial charge in [-0.1, -0.05) is 41.6 Å². The minimum atomic E-state index is 0.131. The first kappa shape index (κ1) is 17.1. The minimum Gasteiger partial charge on any atom is -0.496 e. The van der Waals surface area contributed by atoms with Gasteiger partial charge < -0.3 is 14.6 Å². The minimum absolute atomic E-state index is 0.131. The fourth-order valence-electron chi connectivity index (χ4n) is 3.60. The maximum atomic E-state index is 5.47. The number of hydrogen-bond donors (Lipinski definition) is 2. The topological polar surface area (TPSA) is 76.0 Å². The van der Waals surface area contributed by atoms with Gasteiger partial charge in [-0.25, -0.2) is 0 Å². The summed E-state index contributed by atoms with van der Waals surface area (Å²) < 4.78 is 10.9. The van der Waals surface area contributed by atoms with Crippen molar-refractivity contribution >= 4 is 16.8 Å². The number of benzene rings is 2. The first-order valence-electron chi connectivity index (χ1n) is 8.91. The van der Waals surface area contributed by atoms with Gasteiger partial charge in [-0.2, -0.15) is 5.10 Å². The van der Waals surface area contributed by atoms with Gasteiger partial charge in [-0.15, -0.1) is 0 Å². The molecule has 2 heterocycles. The highest BCUT2D eigenvalue weighted by molar-refractivity contribution is 5.93. The van der Waals surface area contributed by atoms with E-state index in [1.54, 1.807) is 7.11 Å². The Morgan fingerprint density at radius 3 is 2.63 bits per heavy atom. The van der Waals surface area contributed by atoms with E-state index in [0.717, 1.165) is 22.5 Å². The van der Waals surface area contributed by atoms with Crippen LogP contribution in [0.25, 0.3) is 11.0 Å². The van der Waals surface area contributed by atoms with Crippen LogP contribution in [0.3, 0.4) is 0 Å². The number of ether oxygens (including phenoxy) is 1. The average molecular weight is 362 g/mol. The maximum absolute atomic E-state index is 5.47. The number of anilines is 1. The summed E-state index contributed by atoms with van der Waals surface area (Å²) in [6.07, 6.45) is 0. The summed E-state index contributed by atoms with van der Waals surface area (Å²) in [6.45, 7) is 4.74. The van der Waals surface area contributed by atoms with Gasteiger partial charge in [0.15, 0.2) is 11.4 Å². The Bertz CT molecular complexity index is 1030. The third-order valence-corrected chi connectivity index (χ3v) is 4.89. The third kappa shape index (κ3) is 3.14. The van der Waals surface area contributed by atoms with Crippen molar-refractivity contribution in [2.75, 3.05) is 19.0 Å². The van der Waals surface area contributed by atoms with Crippen LogP contribution in [0.2, 0.25) is 0 Å². The fourth-order valence-corrected chi connectivity index (χ4v) is 3.60. The molecule has 1 atom stereocenters. The molecule has 0 aliphatic carbocycles. The van der Waals surface area contributed by atoms with Crippen molar-refractivity contribution in [3.8, 4) is 5.75 Å². The molecule has 2 aromatic carbocycles. The summed E-state index contributed by atoms with van der Waals surface area (Å²) in [4.78, 5) is 0. The molecule has 6 heteroatoms. The lowest BCUT2D eigenvalue weighted by molar-refractivity contribution is 0.419. The monoisotopic (exact) mass is 362 g/mol. The van der Waals surface area contributed by atoms with Crippen LogP contribution < -0.4 is 10.1 Å². The molecule has 6 nitrogen and oxygen atoms in total. The molecule has 1 unspecified atom stereocenters. The summed E-state index contributed by atoms with van der Waals surface area (Å²) >= 11 is 0. The summed E-state index contributed by atoms with van der Waals surface area (Å²) in [6, 6.07) is 16.1. The number of nitrogens with one attached hydrogen (secondary N) is 2. The lowest BCUT2D eigenvalue weighted by atomic mass is 9.90. The van der Waals surface area contributed by atoms with Crippen LogP contribution in [0.15, 0.2) is 53.1 Å². The zero-order valence-electron chi connectivity index (χ0n) is 15.6. The molecule has 0 saturated carbocycles. The molecule has 0 spiro atoms. The predicted octanol–water partition coefficient (Wildman–Crippen LogP) is 4.42. The lowest BCUT2D eigenvalue weighted by Crippen LogP contribution is -2.16. The van der Waals surface area contributed by atoms with Crippen LogP contribution in [-0.2, 0) is 0 Å². The van der Waals surface area contributed by atoms with Crippen molar-refractivity contribution in [2.24, 2.45) is 0 Å². The van der Waals surface area contributed by atoms with E-state index in [1.807, 2.05) is 31.2 Å². The molecule has 27 heavy (non-hydrogen) atoms. The Labute approximate surface area is 157 Å². The zero-order valence-corrected chi connectivity index (χ0v) is 15.6. The standard InChI is InChI=1S/C21H22N4O2/c1-13-19(14(2)24-23-13)16(15-8-5-4-6-9-15)12-22-21-20-17(26-3)10-7-11-18(20)27-25-21/h4-11,16H,12H2,1-3H3,(H,22,25)(H,23,24). The van der Waals surface area contributed by atoms with Gasteiger partial charge in [0, 0.05) is 23.7 Å². The molecule has 0 radical (unpaired) electrons. The van der Waals surface area contributed by atoms with E-state index in [2.05, 4.69) is 51.9 Å². The highest BCUT2D eigenvalue weighted by atomic mass is 16.5. The van der Waals surface area contributed by atoms with Crippen LogP contribution in [0, 0.1) is 13.8 Å². The molecule has 0 amide bonds. The van der Waals surface area contributed by atoms with Gasteiger partial charge in [0.1, 0.15) is 11.1 Å². The quantitative estimate of drug-likeness (QED) is 0.531. The zero-order chi connectivity index (χ0) is 18.8. The third-order valence-electron chi connectivity index (χ3n) is 4.89.